The molecule has 88 valence electrons. The summed E-state index contributed by atoms with van der Waals surface area (Å²) in [5.41, 5.74) is 3.15. The number of benzene rings is 2. The number of pyridine rings is 1. The fourth-order valence-corrected chi connectivity index (χ4v) is 2.03. The Hall–Kier alpha value is -2.39. The molecular weight excluding hydrogens is 224 g/mol. The summed E-state index contributed by atoms with van der Waals surface area (Å²) < 4.78 is 0. The van der Waals surface area contributed by atoms with Gasteiger partial charge in [0.1, 0.15) is 0 Å². The molecule has 1 heterocycles. The Bertz CT molecular complexity index is 680. The van der Waals surface area contributed by atoms with Crippen LogP contribution in [0.15, 0.2) is 60.8 Å². The molecule has 0 aliphatic heterocycles. The quantitative estimate of drug-likeness (QED) is 0.695. The molecule has 0 atom stereocenters. The number of fused-ring (bicyclic) bond motifs is 1. The lowest BCUT2D eigenvalue weighted by Crippen LogP contribution is -2.02. The molecule has 0 unspecified atom stereocenters. The molecule has 18 heavy (non-hydrogen) atoms. The van der Waals surface area contributed by atoms with Gasteiger partial charge in [0.25, 0.3) is 0 Å². The molecular formula is C15H12N2O. The molecule has 0 saturated carbocycles. The molecule has 0 radical (unpaired) electrons. The highest BCUT2D eigenvalue weighted by molar-refractivity contribution is 5.89. The summed E-state index contributed by atoms with van der Waals surface area (Å²) in [7, 11) is 0. The Morgan fingerprint density at radius 3 is 2.50 bits per heavy atom. The highest BCUT2D eigenvalue weighted by Crippen LogP contribution is 2.28. The van der Waals surface area contributed by atoms with Crippen LogP contribution < -0.4 is 10.7 Å². The summed E-state index contributed by atoms with van der Waals surface area (Å²) in [4.78, 5) is 9.17. The molecule has 2 aromatic carbocycles. The van der Waals surface area contributed by atoms with E-state index in [-0.39, 0.29) is 0 Å². The number of hydrogen-bond acceptors (Lipinski definition) is 3. The maximum absolute atomic E-state index is 5.28. The lowest BCUT2D eigenvalue weighted by molar-refractivity contribution is 0.338. The zero-order valence-corrected chi connectivity index (χ0v) is 9.71. The maximum atomic E-state index is 5.28. The van der Waals surface area contributed by atoms with E-state index in [1.54, 1.807) is 12.3 Å². The minimum atomic E-state index is 0.637. The van der Waals surface area contributed by atoms with Gasteiger partial charge in [-0.2, -0.15) is 5.90 Å². The topological polar surface area (TPSA) is 48.1 Å². The minimum absolute atomic E-state index is 0.637. The van der Waals surface area contributed by atoms with Crippen molar-refractivity contribution >= 4 is 10.9 Å². The van der Waals surface area contributed by atoms with Crippen molar-refractivity contribution in [1.29, 1.82) is 0 Å². The third-order valence-corrected chi connectivity index (χ3v) is 2.94. The van der Waals surface area contributed by atoms with E-state index >= 15 is 0 Å². The van der Waals surface area contributed by atoms with E-state index < -0.39 is 0 Å². The average Bonchev–Trinajstić information content (AvgIpc) is 2.47. The Morgan fingerprint density at radius 2 is 1.72 bits per heavy atom. The first-order valence-corrected chi connectivity index (χ1v) is 5.69. The molecule has 0 saturated heterocycles. The van der Waals surface area contributed by atoms with Crippen molar-refractivity contribution in [3.63, 3.8) is 0 Å². The average molecular weight is 236 g/mol. The zero-order chi connectivity index (χ0) is 12.4. The van der Waals surface area contributed by atoms with Crippen molar-refractivity contribution in [1.82, 2.24) is 4.98 Å². The highest BCUT2D eigenvalue weighted by atomic mass is 16.6. The van der Waals surface area contributed by atoms with Gasteiger partial charge in [-0.3, -0.25) is 4.98 Å². The van der Waals surface area contributed by atoms with E-state index in [1.165, 1.54) is 0 Å². The van der Waals surface area contributed by atoms with Crippen molar-refractivity contribution < 1.29 is 4.84 Å². The third kappa shape index (κ3) is 1.81. The van der Waals surface area contributed by atoms with Crippen LogP contribution in [0.4, 0.5) is 0 Å². The SMILES string of the molecule is NOc1ccnc2ccc(-c3ccccc3)cc12. The second-order valence-corrected chi connectivity index (χ2v) is 4.02. The van der Waals surface area contributed by atoms with E-state index in [0.29, 0.717) is 5.75 Å². The first kappa shape index (κ1) is 10.7. The van der Waals surface area contributed by atoms with Crippen molar-refractivity contribution in [3.8, 4) is 16.9 Å². The molecule has 3 rings (SSSR count). The second kappa shape index (κ2) is 4.47. The lowest BCUT2D eigenvalue weighted by atomic mass is 10.0. The lowest BCUT2D eigenvalue weighted by Gasteiger charge is -2.06. The van der Waals surface area contributed by atoms with Gasteiger partial charge in [0.15, 0.2) is 5.75 Å². The maximum Gasteiger partial charge on any atom is 0.157 e. The molecule has 3 nitrogen and oxygen atoms in total. The fraction of sp³-hybridized carbons (Fsp3) is 0. The number of rotatable bonds is 2. The second-order valence-electron chi connectivity index (χ2n) is 4.02. The van der Waals surface area contributed by atoms with Gasteiger partial charge >= 0.3 is 0 Å². The van der Waals surface area contributed by atoms with Crippen molar-refractivity contribution in [3.05, 3.63) is 60.8 Å². The van der Waals surface area contributed by atoms with Crippen LogP contribution in [-0.2, 0) is 0 Å². The van der Waals surface area contributed by atoms with Crippen LogP contribution in [0, 0.1) is 0 Å². The van der Waals surface area contributed by atoms with Gasteiger partial charge in [-0.15, -0.1) is 0 Å². The molecule has 0 aliphatic carbocycles. The summed E-state index contributed by atoms with van der Waals surface area (Å²) >= 11 is 0. The van der Waals surface area contributed by atoms with Crippen molar-refractivity contribution in [2.45, 2.75) is 0 Å². The van der Waals surface area contributed by atoms with E-state index in [2.05, 4.69) is 17.1 Å². The van der Waals surface area contributed by atoms with Gasteiger partial charge in [-0.1, -0.05) is 36.4 Å². The fourth-order valence-electron chi connectivity index (χ4n) is 2.03. The van der Waals surface area contributed by atoms with Crippen LogP contribution in [-0.4, -0.2) is 4.98 Å². The normalized spacial score (nSPS) is 10.5. The first-order valence-electron chi connectivity index (χ1n) is 5.69. The third-order valence-electron chi connectivity index (χ3n) is 2.94. The molecule has 3 heteroatoms. The molecule has 0 bridgehead atoms. The monoisotopic (exact) mass is 236 g/mol. The minimum Gasteiger partial charge on any atom is -0.411 e. The highest BCUT2D eigenvalue weighted by Gasteiger charge is 2.04. The van der Waals surface area contributed by atoms with Gasteiger partial charge in [-0.25, -0.2) is 0 Å². The van der Waals surface area contributed by atoms with Gasteiger partial charge in [0.2, 0.25) is 0 Å². The molecule has 0 aliphatic rings. The van der Waals surface area contributed by atoms with E-state index in [9.17, 15) is 0 Å². The summed E-state index contributed by atoms with van der Waals surface area (Å²) in [5.74, 6) is 5.91. The van der Waals surface area contributed by atoms with Gasteiger partial charge in [0, 0.05) is 17.6 Å². The van der Waals surface area contributed by atoms with E-state index in [4.69, 9.17) is 10.7 Å². The van der Waals surface area contributed by atoms with Crippen LogP contribution >= 0.6 is 0 Å². The predicted octanol–water partition coefficient (Wildman–Crippen LogP) is 3.15. The van der Waals surface area contributed by atoms with E-state index in [0.717, 1.165) is 22.0 Å². The number of nitrogens with two attached hydrogens (primary N) is 1. The zero-order valence-electron chi connectivity index (χ0n) is 9.71. The smallest absolute Gasteiger partial charge is 0.157 e. The summed E-state index contributed by atoms with van der Waals surface area (Å²) in [5, 5.41) is 0.918. The Morgan fingerprint density at radius 1 is 0.889 bits per heavy atom. The van der Waals surface area contributed by atoms with Crippen LogP contribution in [0.2, 0.25) is 0 Å². The molecule has 2 N–H and O–H groups in total. The summed E-state index contributed by atoms with van der Waals surface area (Å²) in [6, 6.07) is 18.0. The molecule has 0 spiro atoms. The van der Waals surface area contributed by atoms with E-state index in [1.807, 2.05) is 36.4 Å². The Kier molecular flexibility index (Phi) is 2.67. The first-order chi connectivity index (χ1) is 8.88. The number of hydrogen-bond donors (Lipinski definition) is 1. The van der Waals surface area contributed by atoms with Crippen molar-refractivity contribution in [2.75, 3.05) is 0 Å². The van der Waals surface area contributed by atoms with Gasteiger partial charge in [-0.05, 0) is 23.3 Å². The number of aromatic nitrogens is 1. The predicted molar refractivity (Wildman–Crippen MR) is 72.0 cm³/mol. The standard InChI is InChI=1S/C15H12N2O/c16-18-15-8-9-17-14-7-6-12(10-13(14)15)11-4-2-1-3-5-11/h1-10H,16H2. The number of nitrogens with zero attached hydrogens (tertiary/aromatic N) is 1. The molecule has 0 fully saturated rings. The Labute approximate surface area is 105 Å². The molecule has 0 amide bonds. The largest absolute Gasteiger partial charge is 0.411 e. The van der Waals surface area contributed by atoms with Gasteiger partial charge in [0.05, 0.1) is 5.52 Å². The van der Waals surface area contributed by atoms with Gasteiger partial charge < -0.3 is 4.84 Å². The molecule has 1 aromatic heterocycles. The summed E-state index contributed by atoms with van der Waals surface area (Å²) in [6.07, 6.45) is 1.69. The molecule has 3 aromatic rings. The summed E-state index contributed by atoms with van der Waals surface area (Å²) in [6.45, 7) is 0. The van der Waals surface area contributed by atoms with Crippen LogP contribution in [0.1, 0.15) is 0 Å². The van der Waals surface area contributed by atoms with Crippen LogP contribution in [0.5, 0.6) is 5.75 Å². The van der Waals surface area contributed by atoms with Crippen LogP contribution in [0.3, 0.4) is 0 Å². The van der Waals surface area contributed by atoms with Crippen LogP contribution in [0.25, 0.3) is 22.0 Å². The van der Waals surface area contributed by atoms with Crippen molar-refractivity contribution in [2.24, 2.45) is 5.90 Å². The Balaban J connectivity index is 2.22.